The molecule has 4 rings (SSSR count). The molecule has 2 aliphatic rings. The van der Waals surface area contributed by atoms with E-state index in [-0.39, 0.29) is 35.4 Å². The minimum Gasteiger partial charge on any atom is -0.474 e. The van der Waals surface area contributed by atoms with Crippen molar-refractivity contribution in [3.8, 4) is 5.88 Å². The largest absolute Gasteiger partial charge is 0.474 e. The van der Waals surface area contributed by atoms with E-state index in [0.717, 1.165) is 25.7 Å². The van der Waals surface area contributed by atoms with Crippen LogP contribution in [0.15, 0.2) is 23.3 Å². The predicted molar refractivity (Wildman–Crippen MR) is 98.7 cm³/mol. The van der Waals surface area contributed by atoms with Crippen LogP contribution in [0, 0.1) is 0 Å². The van der Waals surface area contributed by atoms with Gasteiger partial charge in [-0.2, -0.15) is 0 Å². The molecule has 4 heterocycles. The standard InChI is InChI=1S/C19H24N4O4/c1-19(2,3)27-18(25)23-11-4-5-12(23)9-13(8-11)26-15-7-6-14-16(22-15)17(24)21-10-20-14/h6-7,10-13H,4-5,8-9H2,1-3H3,(H,20,21,24). The maximum Gasteiger partial charge on any atom is 0.410 e. The second-order valence-electron chi connectivity index (χ2n) is 8.23. The Bertz CT molecular complexity index is 906. The number of amides is 1. The molecule has 27 heavy (non-hydrogen) atoms. The summed E-state index contributed by atoms with van der Waals surface area (Å²) in [5.74, 6) is 0.413. The number of hydrogen-bond donors (Lipinski definition) is 1. The highest BCUT2D eigenvalue weighted by Crippen LogP contribution is 2.38. The van der Waals surface area contributed by atoms with Crippen molar-refractivity contribution >= 4 is 17.1 Å². The lowest BCUT2D eigenvalue weighted by molar-refractivity contribution is -0.00755. The van der Waals surface area contributed by atoms with Crippen molar-refractivity contribution in [2.75, 3.05) is 0 Å². The van der Waals surface area contributed by atoms with Gasteiger partial charge in [0, 0.05) is 31.0 Å². The zero-order valence-electron chi connectivity index (χ0n) is 15.8. The Morgan fingerprint density at radius 3 is 2.59 bits per heavy atom. The van der Waals surface area contributed by atoms with Gasteiger partial charge >= 0.3 is 6.09 Å². The number of aromatic nitrogens is 3. The van der Waals surface area contributed by atoms with Crippen molar-refractivity contribution in [1.82, 2.24) is 19.9 Å². The van der Waals surface area contributed by atoms with Crippen LogP contribution in [-0.4, -0.2) is 49.7 Å². The molecule has 2 aliphatic heterocycles. The predicted octanol–water partition coefficient (Wildman–Crippen LogP) is 2.63. The van der Waals surface area contributed by atoms with Crippen LogP contribution in [0.3, 0.4) is 0 Å². The van der Waals surface area contributed by atoms with Crippen LogP contribution in [0.5, 0.6) is 5.88 Å². The van der Waals surface area contributed by atoms with Gasteiger partial charge in [-0.15, -0.1) is 0 Å². The van der Waals surface area contributed by atoms with E-state index in [1.165, 1.54) is 6.33 Å². The van der Waals surface area contributed by atoms with Crippen LogP contribution in [-0.2, 0) is 4.74 Å². The molecule has 2 saturated heterocycles. The Labute approximate surface area is 156 Å². The number of nitrogens with one attached hydrogen (secondary N) is 1. The molecule has 2 atom stereocenters. The number of ether oxygens (including phenoxy) is 2. The van der Waals surface area contributed by atoms with Gasteiger partial charge in [-0.1, -0.05) is 0 Å². The number of aromatic amines is 1. The number of rotatable bonds is 2. The Balaban J connectivity index is 1.47. The highest BCUT2D eigenvalue weighted by Gasteiger charge is 2.45. The molecule has 0 aliphatic carbocycles. The summed E-state index contributed by atoms with van der Waals surface area (Å²) in [5, 5.41) is 0. The number of pyridine rings is 1. The van der Waals surface area contributed by atoms with Crippen molar-refractivity contribution < 1.29 is 14.3 Å². The molecule has 2 aromatic heterocycles. The van der Waals surface area contributed by atoms with Gasteiger partial charge in [-0.05, 0) is 39.7 Å². The zero-order valence-corrected chi connectivity index (χ0v) is 15.8. The van der Waals surface area contributed by atoms with Gasteiger partial charge in [0.05, 0.1) is 11.8 Å². The van der Waals surface area contributed by atoms with Crippen LogP contribution in [0.25, 0.3) is 11.0 Å². The van der Waals surface area contributed by atoms with Gasteiger partial charge in [-0.3, -0.25) is 4.79 Å². The quantitative estimate of drug-likeness (QED) is 0.870. The Morgan fingerprint density at radius 1 is 1.22 bits per heavy atom. The van der Waals surface area contributed by atoms with Crippen LogP contribution in [0.2, 0.25) is 0 Å². The summed E-state index contributed by atoms with van der Waals surface area (Å²) < 4.78 is 11.6. The summed E-state index contributed by atoms with van der Waals surface area (Å²) in [7, 11) is 0. The number of piperidine rings is 1. The first-order chi connectivity index (χ1) is 12.8. The van der Waals surface area contributed by atoms with Crippen molar-refractivity contribution in [3.05, 3.63) is 28.8 Å². The maximum absolute atomic E-state index is 12.5. The molecule has 2 aromatic rings. The first-order valence-electron chi connectivity index (χ1n) is 9.32. The first-order valence-corrected chi connectivity index (χ1v) is 9.32. The average molecular weight is 372 g/mol. The molecule has 1 N–H and O–H groups in total. The Kier molecular flexibility index (Phi) is 4.28. The highest BCUT2D eigenvalue weighted by molar-refractivity contribution is 5.73. The van der Waals surface area contributed by atoms with E-state index in [1.54, 1.807) is 12.1 Å². The summed E-state index contributed by atoms with van der Waals surface area (Å²) in [5.41, 5.74) is 0.0142. The van der Waals surface area contributed by atoms with E-state index >= 15 is 0 Å². The van der Waals surface area contributed by atoms with Crippen molar-refractivity contribution in [2.24, 2.45) is 0 Å². The molecule has 0 spiro atoms. The number of nitrogens with zero attached hydrogens (tertiary/aromatic N) is 3. The molecule has 0 aromatic carbocycles. The summed E-state index contributed by atoms with van der Waals surface area (Å²) in [4.78, 5) is 37.2. The summed E-state index contributed by atoms with van der Waals surface area (Å²) in [6.45, 7) is 5.64. The monoisotopic (exact) mass is 372 g/mol. The smallest absolute Gasteiger partial charge is 0.410 e. The fraction of sp³-hybridized carbons (Fsp3) is 0.579. The van der Waals surface area contributed by atoms with Crippen molar-refractivity contribution in [1.29, 1.82) is 0 Å². The highest BCUT2D eigenvalue weighted by atomic mass is 16.6. The van der Waals surface area contributed by atoms with E-state index in [9.17, 15) is 9.59 Å². The molecule has 144 valence electrons. The molecule has 2 unspecified atom stereocenters. The third kappa shape index (κ3) is 3.61. The molecule has 2 fully saturated rings. The van der Waals surface area contributed by atoms with Crippen LogP contribution in [0.4, 0.5) is 4.79 Å². The topological polar surface area (TPSA) is 97.4 Å². The molecule has 1 amide bonds. The molecular weight excluding hydrogens is 348 g/mol. The summed E-state index contributed by atoms with van der Waals surface area (Å²) >= 11 is 0. The van der Waals surface area contributed by atoms with E-state index in [4.69, 9.17) is 9.47 Å². The third-order valence-corrected chi connectivity index (χ3v) is 5.04. The van der Waals surface area contributed by atoms with Crippen molar-refractivity contribution in [3.63, 3.8) is 0 Å². The third-order valence-electron chi connectivity index (χ3n) is 5.04. The van der Waals surface area contributed by atoms with Gasteiger partial charge in [0.1, 0.15) is 11.7 Å². The fourth-order valence-electron chi connectivity index (χ4n) is 4.01. The summed E-state index contributed by atoms with van der Waals surface area (Å²) in [6, 6.07) is 3.71. The fourth-order valence-corrected chi connectivity index (χ4v) is 4.01. The number of carbonyl (C=O) groups excluding carboxylic acids is 1. The van der Waals surface area contributed by atoms with Gasteiger partial charge in [0.25, 0.3) is 5.56 Å². The second kappa shape index (κ2) is 6.51. The van der Waals surface area contributed by atoms with E-state index in [1.807, 2.05) is 25.7 Å². The lowest BCUT2D eigenvalue weighted by atomic mass is 10.0. The maximum atomic E-state index is 12.5. The molecule has 2 bridgehead atoms. The van der Waals surface area contributed by atoms with E-state index in [2.05, 4.69) is 15.0 Å². The minimum absolute atomic E-state index is 0.0399. The Hall–Kier alpha value is -2.64. The Morgan fingerprint density at radius 2 is 1.93 bits per heavy atom. The molecular formula is C19H24N4O4. The number of hydrogen-bond acceptors (Lipinski definition) is 6. The van der Waals surface area contributed by atoms with Crippen molar-refractivity contribution in [2.45, 2.75) is 70.2 Å². The van der Waals surface area contributed by atoms with E-state index < -0.39 is 5.60 Å². The van der Waals surface area contributed by atoms with Crippen LogP contribution in [0.1, 0.15) is 46.5 Å². The molecule has 0 radical (unpaired) electrons. The van der Waals surface area contributed by atoms with Gasteiger partial charge < -0.3 is 19.4 Å². The minimum atomic E-state index is -0.500. The number of fused-ring (bicyclic) bond motifs is 3. The average Bonchev–Trinajstić information content (AvgIpc) is 2.86. The van der Waals surface area contributed by atoms with Gasteiger partial charge in [0.2, 0.25) is 5.88 Å². The van der Waals surface area contributed by atoms with Gasteiger partial charge in [0.15, 0.2) is 5.52 Å². The molecule has 8 nitrogen and oxygen atoms in total. The second-order valence-corrected chi connectivity index (χ2v) is 8.23. The SMILES string of the molecule is CC(C)(C)OC(=O)N1C2CCC1CC(Oc1ccc3nc[nH]c(=O)c3n1)C2. The van der Waals surface area contributed by atoms with E-state index in [0.29, 0.717) is 11.4 Å². The number of carbonyl (C=O) groups is 1. The zero-order chi connectivity index (χ0) is 19.2. The summed E-state index contributed by atoms with van der Waals surface area (Å²) in [6.07, 6.45) is 4.46. The molecule has 8 heteroatoms. The van der Waals surface area contributed by atoms with Crippen LogP contribution >= 0.6 is 0 Å². The number of H-pyrrole nitrogens is 1. The normalized spacial score (nSPS) is 24.9. The first kappa shape index (κ1) is 17.8. The lowest BCUT2D eigenvalue weighted by Gasteiger charge is -2.39. The lowest BCUT2D eigenvalue weighted by Crippen LogP contribution is -2.50. The molecule has 0 saturated carbocycles. The van der Waals surface area contributed by atoms with Crippen LogP contribution < -0.4 is 10.3 Å². The van der Waals surface area contributed by atoms with Gasteiger partial charge in [-0.25, -0.2) is 14.8 Å².